The molecule has 0 N–H and O–H groups in total. The van der Waals surface area contributed by atoms with Crippen molar-refractivity contribution < 1.29 is 9.59 Å². The number of halogens is 1. The van der Waals surface area contributed by atoms with E-state index in [4.69, 9.17) is 0 Å². The average molecular weight is 331 g/mol. The Labute approximate surface area is 127 Å². The van der Waals surface area contributed by atoms with Crippen LogP contribution in [-0.2, 0) is 11.2 Å². The van der Waals surface area contributed by atoms with Gasteiger partial charge in [0.1, 0.15) is 5.78 Å². The lowest BCUT2D eigenvalue weighted by molar-refractivity contribution is -0.118. The van der Waals surface area contributed by atoms with Crippen LogP contribution >= 0.6 is 15.9 Å². The van der Waals surface area contributed by atoms with E-state index in [1.54, 1.807) is 24.3 Å². The summed E-state index contributed by atoms with van der Waals surface area (Å²) in [5.74, 6) is -0.127. The molecule has 2 aromatic carbocycles. The minimum absolute atomic E-state index is 0.0189. The maximum absolute atomic E-state index is 11.9. The average Bonchev–Trinajstić information content (AvgIpc) is 2.47. The van der Waals surface area contributed by atoms with Crippen LogP contribution in [0.3, 0.4) is 0 Å². The number of ketones is 2. The fraction of sp³-hybridized carbons (Fsp3) is 0.176. The quantitative estimate of drug-likeness (QED) is 0.586. The van der Waals surface area contributed by atoms with E-state index in [0.29, 0.717) is 18.4 Å². The minimum atomic E-state index is -0.109. The lowest BCUT2D eigenvalue weighted by atomic mass is 10.0. The molecular formula is C17H15BrO2. The summed E-state index contributed by atoms with van der Waals surface area (Å²) >= 11 is 3.46. The van der Waals surface area contributed by atoms with E-state index in [-0.39, 0.29) is 18.0 Å². The minimum Gasteiger partial charge on any atom is -0.299 e. The van der Waals surface area contributed by atoms with Gasteiger partial charge >= 0.3 is 0 Å². The number of hydrogen-bond donors (Lipinski definition) is 0. The van der Waals surface area contributed by atoms with Gasteiger partial charge in [0.25, 0.3) is 0 Å². The fourth-order valence-corrected chi connectivity index (χ4v) is 2.45. The fourth-order valence-electron chi connectivity index (χ4n) is 1.97. The van der Waals surface area contributed by atoms with E-state index in [1.807, 2.05) is 30.3 Å². The Morgan fingerprint density at radius 2 is 1.55 bits per heavy atom. The van der Waals surface area contributed by atoms with Gasteiger partial charge in [-0.15, -0.1) is 0 Å². The Morgan fingerprint density at radius 1 is 0.900 bits per heavy atom. The van der Waals surface area contributed by atoms with Gasteiger partial charge in [0, 0.05) is 16.5 Å². The molecule has 0 amide bonds. The molecule has 0 radical (unpaired) electrons. The molecule has 3 heteroatoms. The molecule has 2 nitrogen and oxygen atoms in total. The number of hydrogen-bond acceptors (Lipinski definition) is 2. The Hall–Kier alpha value is -1.74. The van der Waals surface area contributed by atoms with Gasteiger partial charge in [-0.1, -0.05) is 64.5 Å². The van der Waals surface area contributed by atoms with Crippen molar-refractivity contribution >= 4 is 27.5 Å². The summed E-state index contributed by atoms with van der Waals surface area (Å²) in [5.41, 5.74) is 1.69. The highest BCUT2D eigenvalue weighted by Gasteiger charge is 2.12. The van der Waals surface area contributed by atoms with Crippen molar-refractivity contribution in [2.75, 3.05) is 0 Å². The summed E-state index contributed by atoms with van der Waals surface area (Å²) in [6.07, 6.45) is 1.03. The molecule has 102 valence electrons. The predicted molar refractivity (Wildman–Crippen MR) is 82.9 cm³/mol. The van der Waals surface area contributed by atoms with Crippen molar-refractivity contribution in [3.05, 3.63) is 70.2 Å². The highest BCUT2D eigenvalue weighted by Crippen LogP contribution is 2.18. The molecular weight excluding hydrogens is 316 g/mol. The van der Waals surface area contributed by atoms with Gasteiger partial charge in [-0.2, -0.15) is 0 Å². The lowest BCUT2D eigenvalue weighted by Gasteiger charge is -2.04. The first-order valence-electron chi connectivity index (χ1n) is 6.50. The molecule has 0 fully saturated rings. The standard InChI is InChI=1S/C17H15BrO2/c18-16-9-5-4-6-13(16)10-11-15(19)12-17(20)14-7-2-1-3-8-14/h1-9H,10-12H2. The second-order valence-corrected chi connectivity index (χ2v) is 5.45. The number of aryl methyl sites for hydroxylation is 1. The number of carbonyl (C=O) groups excluding carboxylic acids is 2. The van der Waals surface area contributed by atoms with E-state index in [0.717, 1.165) is 10.0 Å². The summed E-state index contributed by atoms with van der Waals surface area (Å²) < 4.78 is 1.00. The molecule has 0 bridgehead atoms. The van der Waals surface area contributed by atoms with Crippen molar-refractivity contribution in [3.63, 3.8) is 0 Å². The van der Waals surface area contributed by atoms with Crippen LogP contribution in [-0.4, -0.2) is 11.6 Å². The molecule has 0 heterocycles. The molecule has 20 heavy (non-hydrogen) atoms. The smallest absolute Gasteiger partial charge is 0.170 e. The summed E-state index contributed by atoms with van der Waals surface area (Å²) in [7, 11) is 0. The van der Waals surface area contributed by atoms with Crippen molar-refractivity contribution in [1.29, 1.82) is 0 Å². The molecule has 0 aromatic heterocycles. The summed E-state index contributed by atoms with van der Waals surface area (Å²) in [5, 5.41) is 0. The topological polar surface area (TPSA) is 34.1 Å². The first kappa shape index (κ1) is 14.7. The van der Waals surface area contributed by atoms with E-state index < -0.39 is 0 Å². The zero-order valence-corrected chi connectivity index (χ0v) is 12.6. The summed E-state index contributed by atoms with van der Waals surface area (Å²) in [6.45, 7) is 0. The normalized spacial score (nSPS) is 10.2. The molecule has 0 aliphatic heterocycles. The number of rotatable bonds is 6. The SMILES string of the molecule is O=C(CCc1ccccc1Br)CC(=O)c1ccccc1. The molecule has 0 spiro atoms. The van der Waals surface area contributed by atoms with Crippen molar-refractivity contribution in [2.24, 2.45) is 0 Å². The molecule has 2 aromatic rings. The molecule has 0 aliphatic rings. The van der Waals surface area contributed by atoms with E-state index in [9.17, 15) is 9.59 Å². The maximum atomic E-state index is 11.9. The molecule has 0 atom stereocenters. The molecule has 0 saturated carbocycles. The van der Waals surface area contributed by atoms with Gasteiger partial charge in [-0.3, -0.25) is 9.59 Å². The van der Waals surface area contributed by atoms with Crippen molar-refractivity contribution in [1.82, 2.24) is 0 Å². The van der Waals surface area contributed by atoms with Crippen LogP contribution in [0.15, 0.2) is 59.1 Å². The Morgan fingerprint density at radius 3 is 2.25 bits per heavy atom. The first-order valence-corrected chi connectivity index (χ1v) is 7.29. The van der Waals surface area contributed by atoms with Crippen LogP contribution in [0.2, 0.25) is 0 Å². The van der Waals surface area contributed by atoms with Crippen molar-refractivity contribution in [3.8, 4) is 0 Å². The maximum Gasteiger partial charge on any atom is 0.170 e. The van der Waals surface area contributed by atoms with E-state index in [2.05, 4.69) is 15.9 Å². The monoisotopic (exact) mass is 330 g/mol. The van der Waals surface area contributed by atoms with Crippen LogP contribution in [0, 0.1) is 0 Å². The van der Waals surface area contributed by atoms with Crippen LogP contribution < -0.4 is 0 Å². The Bertz CT molecular complexity index is 605. The highest BCUT2D eigenvalue weighted by molar-refractivity contribution is 9.10. The van der Waals surface area contributed by atoms with Crippen LogP contribution in [0.1, 0.15) is 28.8 Å². The van der Waals surface area contributed by atoms with Gasteiger partial charge in [-0.25, -0.2) is 0 Å². The van der Waals surface area contributed by atoms with Gasteiger partial charge < -0.3 is 0 Å². The highest BCUT2D eigenvalue weighted by atomic mass is 79.9. The lowest BCUT2D eigenvalue weighted by Crippen LogP contribution is -2.09. The second-order valence-electron chi connectivity index (χ2n) is 4.60. The largest absolute Gasteiger partial charge is 0.299 e. The van der Waals surface area contributed by atoms with Gasteiger partial charge in [0.2, 0.25) is 0 Å². The van der Waals surface area contributed by atoms with E-state index >= 15 is 0 Å². The van der Waals surface area contributed by atoms with Crippen LogP contribution in [0.25, 0.3) is 0 Å². The third kappa shape index (κ3) is 4.14. The zero-order chi connectivity index (χ0) is 14.4. The van der Waals surface area contributed by atoms with Crippen LogP contribution in [0.5, 0.6) is 0 Å². The Balaban J connectivity index is 1.87. The number of carbonyl (C=O) groups is 2. The predicted octanol–water partition coefficient (Wildman–Crippen LogP) is 4.22. The van der Waals surface area contributed by atoms with Crippen molar-refractivity contribution in [2.45, 2.75) is 19.3 Å². The molecule has 0 aliphatic carbocycles. The third-order valence-corrected chi connectivity index (χ3v) is 3.86. The molecule has 2 rings (SSSR count). The number of benzene rings is 2. The molecule has 0 unspecified atom stereocenters. The molecule has 0 saturated heterocycles. The summed E-state index contributed by atoms with van der Waals surface area (Å²) in [4.78, 5) is 23.8. The zero-order valence-electron chi connectivity index (χ0n) is 11.0. The second kappa shape index (κ2) is 7.15. The summed E-state index contributed by atoms with van der Waals surface area (Å²) in [6, 6.07) is 16.8. The first-order chi connectivity index (χ1) is 9.66. The van der Waals surface area contributed by atoms with Crippen LogP contribution in [0.4, 0.5) is 0 Å². The van der Waals surface area contributed by atoms with E-state index in [1.165, 1.54) is 0 Å². The Kier molecular flexibility index (Phi) is 5.24. The van der Waals surface area contributed by atoms with Gasteiger partial charge in [-0.05, 0) is 18.1 Å². The number of Topliss-reactive ketones (excluding diaryl/α,β-unsaturated/α-hetero) is 2. The third-order valence-electron chi connectivity index (χ3n) is 3.08. The van der Waals surface area contributed by atoms with Gasteiger partial charge in [0.05, 0.1) is 6.42 Å². The van der Waals surface area contributed by atoms with Gasteiger partial charge in [0.15, 0.2) is 5.78 Å².